The standard InChI is InChI=1S/C10H15N3O/c1-8-6-12-4-5-13(8)10(14)9-2-3-11-7-9/h2-3,7-8,11-12H,4-6H2,1H3/t8-/m0/s1. The van der Waals surface area contributed by atoms with Crippen LogP contribution in [0.1, 0.15) is 17.3 Å². The number of carbonyl (C=O) groups is 1. The third kappa shape index (κ3) is 1.65. The molecule has 0 aromatic carbocycles. The van der Waals surface area contributed by atoms with Crippen LogP contribution in [0.5, 0.6) is 0 Å². The molecule has 2 rings (SSSR count). The van der Waals surface area contributed by atoms with Crippen LogP contribution in [0.2, 0.25) is 0 Å². The van der Waals surface area contributed by atoms with Crippen LogP contribution in [0.3, 0.4) is 0 Å². The molecule has 1 amide bonds. The van der Waals surface area contributed by atoms with Gasteiger partial charge in [-0.1, -0.05) is 0 Å². The van der Waals surface area contributed by atoms with Gasteiger partial charge in [0.05, 0.1) is 5.56 Å². The molecule has 14 heavy (non-hydrogen) atoms. The quantitative estimate of drug-likeness (QED) is 0.680. The zero-order valence-corrected chi connectivity index (χ0v) is 8.29. The molecule has 0 unspecified atom stereocenters. The lowest BCUT2D eigenvalue weighted by molar-refractivity contribution is 0.0656. The second-order valence-corrected chi connectivity index (χ2v) is 3.65. The Bertz CT molecular complexity index is 307. The summed E-state index contributed by atoms with van der Waals surface area (Å²) in [7, 11) is 0. The van der Waals surface area contributed by atoms with Crippen LogP contribution in [0.15, 0.2) is 18.5 Å². The molecule has 1 aliphatic heterocycles. The molecule has 2 heterocycles. The van der Waals surface area contributed by atoms with Crippen molar-refractivity contribution in [2.24, 2.45) is 0 Å². The van der Waals surface area contributed by atoms with E-state index in [0.717, 1.165) is 25.2 Å². The fourth-order valence-corrected chi connectivity index (χ4v) is 1.77. The molecule has 0 bridgehead atoms. The second-order valence-electron chi connectivity index (χ2n) is 3.65. The lowest BCUT2D eigenvalue weighted by atomic mass is 10.2. The first-order valence-electron chi connectivity index (χ1n) is 4.93. The van der Waals surface area contributed by atoms with Crippen LogP contribution in [-0.2, 0) is 0 Å². The fraction of sp³-hybridized carbons (Fsp3) is 0.500. The molecule has 4 nitrogen and oxygen atoms in total. The van der Waals surface area contributed by atoms with Crippen LogP contribution in [-0.4, -0.2) is 41.5 Å². The number of amides is 1. The third-order valence-corrected chi connectivity index (χ3v) is 2.61. The van der Waals surface area contributed by atoms with Crippen molar-refractivity contribution < 1.29 is 4.79 Å². The topological polar surface area (TPSA) is 48.1 Å². The number of nitrogens with zero attached hydrogens (tertiary/aromatic N) is 1. The molecular weight excluding hydrogens is 178 g/mol. The molecule has 1 aromatic heterocycles. The van der Waals surface area contributed by atoms with Gasteiger partial charge in [0.1, 0.15) is 0 Å². The van der Waals surface area contributed by atoms with Crippen molar-refractivity contribution in [3.05, 3.63) is 24.0 Å². The van der Waals surface area contributed by atoms with Crippen molar-refractivity contribution in [3.63, 3.8) is 0 Å². The van der Waals surface area contributed by atoms with E-state index >= 15 is 0 Å². The predicted molar refractivity (Wildman–Crippen MR) is 54.2 cm³/mol. The number of aromatic amines is 1. The molecule has 0 saturated carbocycles. The van der Waals surface area contributed by atoms with E-state index in [-0.39, 0.29) is 11.9 Å². The van der Waals surface area contributed by atoms with E-state index in [1.165, 1.54) is 0 Å². The number of nitrogens with one attached hydrogen (secondary N) is 2. The monoisotopic (exact) mass is 193 g/mol. The van der Waals surface area contributed by atoms with Gasteiger partial charge in [0.25, 0.3) is 5.91 Å². The minimum absolute atomic E-state index is 0.125. The normalized spacial score (nSPS) is 22.4. The number of H-pyrrole nitrogens is 1. The van der Waals surface area contributed by atoms with Crippen molar-refractivity contribution in [3.8, 4) is 0 Å². The van der Waals surface area contributed by atoms with Gasteiger partial charge in [-0.3, -0.25) is 4.79 Å². The van der Waals surface area contributed by atoms with Gasteiger partial charge in [-0.25, -0.2) is 0 Å². The summed E-state index contributed by atoms with van der Waals surface area (Å²) < 4.78 is 0. The molecule has 0 spiro atoms. The summed E-state index contributed by atoms with van der Waals surface area (Å²) in [6.07, 6.45) is 3.52. The van der Waals surface area contributed by atoms with Gasteiger partial charge in [-0.05, 0) is 13.0 Å². The van der Waals surface area contributed by atoms with E-state index in [1.807, 2.05) is 11.0 Å². The Kier molecular flexibility index (Phi) is 2.54. The Balaban J connectivity index is 2.10. The molecule has 76 valence electrons. The van der Waals surface area contributed by atoms with Crippen molar-refractivity contribution in [2.75, 3.05) is 19.6 Å². The number of hydrogen-bond donors (Lipinski definition) is 2. The maximum absolute atomic E-state index is 11.9. The van der Waals surface area contributed by atoms with Crippen molar-refractivity contribution in [1.29, 1.82) is 0 Å². The van der Waals surface area contributed by atoms with Gasteiger partial charge in [0.2, 0.25) is 0 Å². The molecule has 1 saturated heterocycles. The van der Waals surface area contributed by atoms with Gasteiger partial charge in [-0.2, -0.15) is 0 Å². The minimum atomic E-state index is 0.125. The van der Waals surface area contributed by atoms with Gasteiger partial charge in [-0.15, -0.1) is 0 Å². The zero-order chi connectivity index (χ0) is 9.97. The van der Waals surface area contributed by atoms with E-state index in [2.05, 4.69) is 17.2 Å². The first-order valence-corrected chi connectivity index (χ1v) is 4.93. The van der Waals surface area contributed by atoms with Gasteiger partial charge < -0.3 is 15.2 Å². The Morgan fingerprint density at radius 2 is 2.50 bits per heavy atom. The first-order chi connectivity index (χ1) is 6.79. The van der Waals surface area contributed by atoms with Gasteiger partial charge in [0, 0.05) is 38.1 Å². The smallest absolute Gasteiger partial charge is 0.255 e. The zero-order valence-electron chi connectivity index (χ0n) is 8.29. The highest BCUT2D eigenvalue weighted by atomic mass is 16.2. The van der Waals surface area contributed by atoms with E-state index in [0.29, 0.717) is 0 Å². The Labute approximate surface area is 83.3 Å². The molecule has 1 aliphatic rings. The summed E-state index contributed by atoms with van der Waals surface area (Å²) in [4.78, 5) is 16.8. The lowest BCUT2D eigenvalue weighted by Crippen LogP contribution is -2.52. The van der Waals surface area contributed by atoms with Crippen molar-refractivity contribution in [2.45, 2.75) is 13.0 Å². The number of rotatable bonds is 1. The summed E-state index contributed by atoms with van der Waals surface area (Å²) in [5.74, 6) is 0.125. The number of aromatic nitrogens is 1. The number of piperazine rings is 1. The van der Waals surface area contributed by atoms with Crippen LogP contribution in [0, 0.1) is 0 Å². The molecule has 4 heteroatoms. The molecule has 1 aromatic rings. The summed E-state index contributed by atoms with van der Waals surface area (Å²) in [5.41, 5.74) is 0.749. The maximum atomic E-state index is 11.9. The molecule has 0 aliphatic carbocycles. The SMILES string of the molecule is C[C@H]1CNCCN1C(=O)c1cc[nH]c1. The summed E-state index contributed by atoms with van der Waals surface area (Å²) in [6.45, 7) is 4.64. The number of hydrogen-bond acceptors (Lipinski definition) is 2. The Morgan fingerprint density at radius 1 is 1.64 bits per heavy atom. The van der Waals surface area contributed by atoms with Crippen LogP contribution in [0.25, 0.3) is 0 Å². The molecule has 1 atom stereocenters. The maximum Gasteiger partial charge on any atom is 0.255 e. The molecule has 0 radical (unpaired) electrons. The van der Waals surface area contributed by atoms with E-state index in [9.17, 15) is 4.79 Å². The average molecular weight is 193 g/mol. The fourth-order valence-electron chi connectivity index (χ4n) is 1.77. The highest BCUT2D eigenvalue weighted by Crippen LogP contribution is 2.09. The van der Waals surface area contributed by atoms with Crippen LogP contribution >= 0.6 is 0 Å². The van der Waals surface area contributed by atoms with Crippen molar-refractivity contribution >= 4 is 5.91 Å². The molecule has 1 fully saturated rings. The van der Waals surface area contributed by atoms with Gasteiger partial charge >= 0.3 is 0 Å². The van der Waals surface area contributed by atoms with Crippen molar-refractivity contribution in [1.82, 2.24) is 15.2 Å². The summed E-state index contributed by atoms with van der Waals surface area (Å²) in [6, 6.07) is 2.10. The van der Waals surface area contributed by atoms with Gasteiger partial charge in [0.15, 0.2) is 0 Å². The second kappa shape index (κ2) is 3.84. The highest BCUT2D eigenvalue weighted by Gasteiger charge is 2.23. The van der Waals surface area contributed by atoms with Crippen LogP contribution in [0.4, 0.5) is 0 Å². The third-order valence-electron chi connectivity index (χ3n) is 2.61. The first kappa shape index (κ1) is 9.27. The predicted octanol–water partition coefficient (Wildman–Crippen LogP) is 0.449. The summed E-state index contributed by atoms with van der Waals surface area (Å²) >= 11 is 0. The molecule has 2 N–H and O–H groups in total. The Hall–Kier alpha value is -1.29. The summed E-state index contributed by atoms with van der Waals surface area (Å²) in [5, 5.41) is 3.26. The largest absolute Gasteiger partial charge is 0.367 e. The molecular formula is C10H15N3O. The van der Waals surface area contributed by atoms with E-state index in [4.69, 9.17) is 0 Å². The van der Waals surface area contributed by atoms with E-state index in [1.54, 1.807) is 12.4 Å². The van der Waals surface area contributed by atoms with E-state index < -0.39 is 0 Å². The number of carbonyl (C=O) groups excluding carboxylic acids is 1. The highest BCUT2D eigenvalue weighted by molar-refractivity contribution is 5.94. The minimum Gasteiger partial charge on any atom is -0.367 e. The Morgan fingerprint density at radius 3 is 3.14 bits per heavy atom. The average Bonchev–Trinajstić information content (AvgIpc) is 2.70. The van der Waals surface area contributed by atoms with Crippen LogP contribution < -0.4 is 5.32 Å². The lowest BCUT2D eigenvalue weighted by Gasteiger charge is -2.33.